The Morgan fingerprint density at radius 1 is 1.27 bits per heavy atom. The van der Waals surface area contributed by atoms with E-state index in [0.29, 0.717) is 21.5 Å². The quantitative estimate of drug-likeness (QED) is 0.672. The van der Waals surface area contributed by atoms with Crippen LogP contribution in [0.5, 0.6) is 5.75 Å². The fourth-order valence-electron chi connectivity index (χ4n) is 1.57. The van der Waals surface area contributed by atoms with Gasteiger partial charge in [0.1, 0.15) is 5.75 Å². The molecule has 0 spiro atoms. The number of benzene rings is 1. The van der Waals surface area contributed by atoms with E-state index < -0.39 is 0 Å². The van der Waals surface area contributed by atoms with Crippen LogP contribution in [0.15, 0.2) is 47.8 Å². The molecule has 2 aromatic rings. The molecule has 5 nitrogen and oxygen atoms in total. The normalized spacial score (nSPS) is 11.1. The van der Waals surface area contributed by atoms with Crippen molar-refractivity contribution < 1.29 is 9.53 Å². The minimum Gasteiger partial charge on any atom is -0.482 e. The molecule has 7 heteroatoms. The molecule has 1 amide bonds. The van der Waals surface area contributed by atoms with Crippen molar-refractivity contribution in [1.29, 1.82) is 0 Å². The summed E-state index contributed by atoms with van der Waals surface area (Å²) in [6, 6.07) is 8.38. The first-order chi connectivity index (χ1) is 10.6. The van der Waals surface area contributed by atoms with Crippen molar-refractivity contribution in [3.63, 3.8) is 0 Å². The molecule has 0 aliphatic heterocycles. The summed E-state index contributed by atoms with van der Waals surface area (Å²) in [4.78, 5) is 15.6. The number of rotatable bonds is 5. The monoisotopic (exact) mass is 337 g/mol. The van der Waals surface area contributed by atoms with Crippen LogP contribution in [0.4, 0.5) is 0 Å². The Balaban J connectivity index is 1.88. The van der Waals surface area contributed by atoms with Crippen LogP contribution in [0, 0.1) is 0 Å². The molecule has 0 radical (unpaired) electrons. The molecular formula is C15H13Cl2N3O2. The van der Waals surface area contributed by atoms with E-state index in [0.717, 1.165) is 5.56 Å². The molecule has 0 bridgehead atoms. The van der Waals surface area contributed by atoms with Crippen LogP contribution < -0.4 is 10.2 Å². The molecular weight excluding hydrogens is 325 g/mol. The van der Waals surface area contributed by atoms with Crippen LogP contribution in [0.3, 0.4) is 0 Å². The smallest absolute Gasteiger partial charge is 0.277 e. The molecule has 0 saturated carbocycles. The molecule has 2 rings (SSSR count). The van der Waals surface area contributed by atoms with Gasteiger partial charge < -0.3 is 4.74 Å². The molecule has 0 unspecified atom stereocenters. The fourth-order valence-corrected chi connectivity index (χ4v) is 2.03. The van der Waals surface area contributed by atoms with E-state index in [9.17, 15) is 4.79 Å². The van der Waals surface area contributed by atoms with Gasteiger partial charge in [-0.3, -0.25) is 9.78 Å². The van der Waals surface area contributed by atoms with Gasteiger partial charge in [-0.2, -0.15) is 5.10 Å². The van der Waals surface area contributed by atoms with Gasteiger partial charge in [0.2, 0.25) is 0 Å². The first-order valence-electron chi connectivity index (χ1n) is 6.37. The highest BCUT2D eigenvalue weighted by atomic mass is 35.5. The maximum absolute atomic E-state index is 11.7. The predicted molar refractivity (Wildman–Crippen MR) is 86.5 cm³/mol. The second kappa shape index (κ2) is 7.77. The standard InChI is InChI=1S/C15H13Cl2N3O2/c1-10(11-4-6-18-7-5-11)19-20-15(21)9-22-14-3-2-12(16)8-13(14)17/h2-8H,9H2,1H3,(H,20,21)/b19-10+. The first-order valence-corrected chi connectivity index (χ1v) is 7.13. The van der Waals surface area contributed by atoms with Gasteiger partial charge in [0, 0.05) is 23.0 Å². The van der Waals surface area contributed by atoms with Gasteiger partial charge in [-0.1, -0.05) is 23.2 Å². The van der Waals surface area contributed by atoms with Crippen LogP contribution in [-0.4, -0.2) is 23.2 Å². The van der Waals surface area contributed by atoms with Crippen LogP contribution in [-0.2, 0) is 4.79 Å². The molecule has 114 valence electrons. The molecule has 0 aliphatic carbocycles. The van der Waals surface area contributed by atoms with E-state index in [4.69, 9.17) is 27.9 Å². The Kier molecular flexibility index (Phi) is 5.75. The van der Waals surface area contributed by atoms with Crippen molar-refractivity contribution in [1.82, 2.24) is 10.4 Å². The number of aromatic nitrogens is 1. The Labute approximate surface area is 137 Å². The summed E-state index contributed by atoms with van der Waals surface area (Å²) in [5, 5.41) is 4.84. The fraction of sp³-hybridized carbons (Fsp3) is 0.133. The predicted octanol–water partition coefficient (Wildman–Crippen LogP) is 3.31. The highest BCUT2D eigenvalue weighted by molar-refractivity contribution is 6.35. The lowest BCUT2D eigenvalue weighted by Gasteiger charge is -2.07. The molecule has 1 N–H and O–H groups in total. The molecule has 1 heterocycles. The van der Waals surface area contributed by atoms with Gasteiger partial charge in [0.25, 0.3) is 5.91 Å². The van der Waals surface area contributed by atoms with Crippen LogP contribution >= 0.6 is 23.2 Å². The lowest BCUT2D eigenvalue weighted by atomic mass is 10.2. The van der Waals surface area contributed by atoms with Crippen LogP contribution in [0.25, 0.3) is 0 Å². The summed E-state index contributed by atoms with van der Waals surface area (Å²) in [6.07, 6.45) is 3.31. The lowest BCUT2D eigenvalue weighted by Crippen LogP contribution is -2.25. The van der Waals surface area contributed by atoms with Crippen molar-refractivity contribution in [3.8, 4) is 5.75 Å². The van der Waals surface area contributed by atoms with Gasteiger partial charge >= 0.3 is 0 Å². The Morgan fingerprint density at radius 3 is 2.68 bits per heavy atom. The summed E-state index contributed by atoms with van der Waals surface area (Å²) in [7, 11) is 0. The van der Waals surface area contributed by atoms with E-state index in [-0.39, 0.29) is 12.5 Å². The third-order valence-electron chi connectivity index (χ3n) is 2.70. The van der Waals surface area contributed by atoms with Crippen molar-refractivity contribution in [2.45, 2.75) is 6.92 Å². The second-order valence-electron chi connectivity index (χ2n) is 4.33. The highest BCUT2D eigenvalue weighted by Crippen LogP contribution is 2.27. The Hall–Kier alpha value is -2.11. The maximum atomic E-state index is 11.7. The minimum absolute atomic E-state index is 0.200. The van der Waals surface area contributed by atoms with Gasteiger partial charge in [0.05, 0.1) is 10.7 Å². The summed E-state index contributed by atoms with van der Waals surface area (Å²) in [6.45, 7) is 1.58. The van der Waals surface area contributed by atoms with Gasteiger partial charge in [0.15, 0.2) is 6.61 Å². The number of carbonyl (C=O) groups excluding carboxylic acids is 1. The van der Waals surface area contributed by atoms with Crippen LogP contribution in [0.2, 0.25) is 10.0 Å². The second-order valence-corrected chi connectivity index (χ2v) is 5.18. The third-order valence-corrected chi connectivity index (χ3v) is 3.23. The first kappa shape index (κ1) is 16.3. The average molecular weight is 338 g/mol. The number of amides is 1. The van der Waals surface area contributed by atoms with Crippen molar-refractivity contribution in [3.05, 3.63) is 58.3 Å². The summed E-state index contributed by atoms with van der Waals surface area (Å²) >= 11 is 11.7. The number of ether oxygens (including phenoxy) is 1. The third kappa shape index (κ3) is 4.72. The molecule has 0 fully saturated rings. The summed E-state index contributed by atoms with van der Waals surface area (Å²) in [5.41, 5.74) is 3.96. The van der Waals surface area contributed by atoms with Gasteiger partial charge in [-0.25, -0.2) is 5.43 Å². The molecule has 0 atom stereocenters. The molecule has 1 aromatic carbocycles. The zero-order chi connectivity index (χ0) is 15.9. The van der Waals surface area contributed by atoms with Gasteiger partial charge in [-0.05, 0) is 37.3 Å². The molecule has 1 aromatic heterocycles. The SMILES string of the molecule is C/C(=N\NC(=O)COc1ccc(Cl)cc1Cl)c1ccncc1. The number of halogens is 2. The van der Waals surface area contributed by atoms with E-state index >= 15 is 0 Å². The lowest BCUT2D eigenvalue weighted by molar-refractivity contribution is -0.123. The molecule has 0 saturated heterocycles. The van der Waals surface area contributed by atoms with E-state index in [1.165, 1.54) is 0 Å². The maximum Gasteiger partial charge on any atom is 0.277 e. The molecule has 0 aliphatic rings. The number of nitrogens with one attached hydrogen (secondary N) is 1. The minimum atomic E-state index is -0.389. The highest BCUT2D eigenvalue weighted by Gasteiger charge is 2.06. The van der Waals surface area contributed by atoms with E-state index in [1.54, 1.807) is 49.6 Å². The zero-order valence-corrected chi connectivity index (χ0v) is 13.2. The van der Waals surface area contributed by atoms with Gasteiger partial charge in [-0.15, -0.1) is 0 Å². The summed E-state index contributed by atoms with van der Waals surface area (Å²) in [5.74, 6) is -0.00419. The topological polar surface area (TPSA) is 63.6 Å². The summed E-state index contributed by atoms with van der Waals surface area (Å²) < 4.78 is 5.31. The number of carbonyl (C=O) groups is 1. The Morgan fingerprint density at radius 2 is 2.00 bits per heavy atom. The zero-order valence-electron chi connectivity index (χ0n) is 11.7. The van der Waals surface area contributed by atoms with Crippen LogP contribution in [0.1, 0.15) is 12.5 Å². The van der Waals surface area contributed by atoms with E-state index in [1.807, 2.05) is 0 Å². The number of hydrogen-bond donors (Lipinski definition) is 1. The number of nitrogens with zero attached hydrogens (tertiary/aromatic N) is 2. The Bertz CT molecular complexity index is 690. The van der Waals surface area contributed by atoms with Crippen molar-refractivity contribution in [2.24, 2.45) is 5.10 Å². The van der Waals surface area contributed by atoms with Crippen molar-refractivity contribution in [2.75, 3.05) is 6.61 Å². The largest absolute Gasteiger partial charge is 0.482 e. The average Bonchev–Trinajstić information content (AvgIpc) is 2.52. The molecule has 22 heavy (non-hydrogen) atoms. The number of pyridine rings is 1. The number of hydrazone groups is 1. The van der Waals surface area contributed by atoms with Crippen molar-refractivity contribution >= 4 is 34.8 Å². The van der Waals surface area contributed by atoms with E-state index in [2.05, 4.69) is 15.5 Å². The number of hydrogen-bond acceptors (Lipinski definition) is 4.